The number of amides is 1. The third kappa shape index (κ3) is 4.25. The Morgan fingerprint density at radius 2 is 1.67 bits per heavy atom. The molecule has 0 bridgehead atoms. The fraction of sp³-hybridized carbons (Fsp3) is 0.462. The van der Waals surface area contributed by atoms with Gasteiger partial charge in [-0.25, -0.2) is 5.48 Å². The zero-order chi connectivity index (χ0) is 14.0. The minimum absolute atomic E-state index is 0.330. The fourth-order valence-electron chi connectivity index (χ4n) is 1.25. The first-order valence-electron chi connectivity index (χ1n) is 6.15. The quantitative estimate of drug-likeness (QED) is 0.598. The second-order valence-corrected chi connectivity index (χ2v) is 2.80. The normalized spacial score (nSPS) is 11.2. The van der Waals surface area contributed by atoms with E-state index in [1.54, 1.807) is 17.6 Å². The van der Waals surface area contributed by atoms with Crippen molar-refractivity contribution in [1.82, 2.24) is 5.48 Å². The molecule has 0 spiro atoms. The van der Waals surface area contributed by atoms with Crippen molar-refractivity contribution < 1.29 is 19.5 Å². The van der Waals surface area contributed by atoms with Crippen LogP contribution in [0.25, 0.3) is 0 Å². The first kappa shape index (κ1) is 16.2. The van der Waals surface area contributed by atoms with Gasteiger partial charge >= 0.3 is 0 Å². The van der Waals surface area contributed by atoms with Crippen LogP contribution in [-0.2, 0) is 0 Å². The summed E-state index contributed by atoms with van der Waals surface area (Å²) in [4.78, 5) is 11.0. The maximum Gasteiger partial charge on any atom is 0.274 e. The third-order valence-electron chi connectivity index (χ3n) is 1.91. The molecule has 5 nitrogen and oxygen atoms in total. The number of hydroxylamine groups is 1. The summed E-state index contributed by atoms with van der Waals surface area (Å²) in [5.74, 6) is 0.574. The zero-order valence-electron chi connectivity index (χ0n) is 11.3. The van der Waals surface area contributed by atoms with Gasteiger partial charge in [-0.3, -0.25) is 10.0 Å². The standard InChI is InChI=1S/C9H9NO4.2C2H6/c11-9(10-12)6-1-2-7-8(5-6)14-4-3-13-7;2*1-2/h1-2,5,12H,3-4H2,(H,10,11);2*1-2H3. The second-order valence-electron chi connectivity index (χ2n) is 2.80. The lowest BCUT2D eigenvalue weighted by Gasteiger charge is -2.18. The molecular weight excluding hydrogens is 234 g/mol. The Hall–Kier alpha value is -1.75. The summed E-state index contributed by atoms with van der Waals surface area (Å²) in [6.45, 7) is 8.98. The highest BCUT2D eigenvalue weighted by Gasteiger charge is 2.14. The Morgan fingerprint density at radius 3 is 2.22 bits per heavy atom. The monoisotopic (exact) mass is 255 g/mol. The lowest BCUT2D eigenvalue weighted by Crippen LogP contribution is -2.20. The number of benzene rings is 1. The number of hydrogen-bond donors (Lipinski definition) is 2. The van der Waals surface area contributed by atoms with Crippen molar-refractivity contribution in [3.05, 3.63) is 23.8 Å². The van der Waals surface area contributed by atoms with Crippen LogP contribution in [0.2, 0.25) is 0 Å². The Labute approximate surface area is 108 Å². The molecule has 0 saturated heterocycles. The first-order chi connectivity index (χ1) is 8.81. The molecule has 0 fully saturated rings. The molecule has 2 rings (SSSR count). The van der Waals surface area contributed by atoms with E-state index >= 15 is 0 Å². The summed E-state index contributed by atoms with van der Waals surface area (Å²) in [6.07, 6.45) is 0. The van der Waals surface area contributed by atoms with Gasteiger partial charge in [0.05, 0.1) is 0 Å². The minimum Gasteiger partial charge on any atom is -0.486 e. The van der Waals surface area contributed by atoms with Gasteiger partial charge in [0.25, 0.3) is 5.91 Å². The largest absolute Gasteiger partial charge is 0.486 e. The zero-order valence-corrected chi connectivity index (χ0v) is 11.3. The Bertz CT molecular complexity index is 366. The molecule has 1 aliphatic rings. The topological polar surface area (TPSA) is 67.8 Å². The van der Waals surface area contributed by atoms with Crippen LogP contribution in [0.15, 0.2) is 18.2 Å². The average Bonchev–Trinajstić information content (AvgIpc) is 2.50. The number of carbonyl (C=O) groups is 1. The van der Waals surface area contributed by atoms with E-state index in [9.17, 15) is 4.79 Å². The fourth-order valence-corrected chi connectivity index (χ4v) is 1.25. The summed E-state index contributed by atoms with van der Waals surface area (Å²) < 4.78 is 10.5. The Balaban J connectivity index is 0.000000659. The van der Waals surface area contributed by atoms with Gasteiger partial charge in [0.1, 0.15) is 13.2 Å². The molecule has 1 aromatic carbocycles. The highest BCUT2D eigenvalue weighted by molar-refractivity contribution is 5.94. The minimum atomic E-state index is -0.568. The van der Waals surface area contributed by atoms with Gasteiger partial charge in [0.2, 0.25) is 0 Å². The maximum absolute atomic E-state index is 11.0. The predicted octanol–water partition coefficient (Wildman–Crippen LogP) is 2.63. The third-order valence-corrected chi connectivity index (χ3v) is 1.91. The number of fused-ring (bicyclic) bond motifs is 1. The van der Waals surface area contributed by atoms with Crippen LogP contribution in [-0.4, -0.2) is 24.3 Å². The lowest BCUT2D eigenvalue weighted by molar-refractivity contribution is 0.0705. The van der Waals surface area contributed by atoms with Crippen LogP contribution in [0.4, 0.5) is 0 Å². The van der Waals surface area contributed by atoms with Crippen molar-refractivity contribution in [2.75, 3.05) is 13.2 Å². The molecule has 0 saturated carbocycles. The van der Waals surface area contributed by atoms with E-state index in [1.165, 1.54) is 6.07 Å². The summed E-state index contributed by atoms with van der Waals surface area (Å²) in [7, 11) is 0. The van der Waals surface area contributed by atoms with E-state index in [0.29, 0.717) is 30.3 Å². The number of nitrogens with one attached hydrogen (secondary N) is 1. The van der Waals surface area contributed by atoms with Crippen LogP contribution in [0, 0.1) is 0 Å². The van der Waals surface area contributed by atoms with E-state index < -0.39 is 5.91 Å². The van der Waals surface area contributed by atoms with E-state index in [0.717, 1.165) is 0 Å². The van der Waals surface area contributed by atoms with Gasteiger partial charge < -0.3 is 9.47 Å². The van der Waals surface area contributed by atoms with Gasteiger partial charge in [-0.1, -0.05) is 27.7 Å². The molecular formula is C13H21NO4. The van der Waals surface area contributed by atoms with Gasteiger partial charge in [0.15, 0.2) is 11.5 Å². The average molecular weight is 255 g/mol. The van der Waals surface area contributed by atoms with Crippen molar-refractivity contribution in [2.45, 2.75) is 27.7 Å². The molecule has 0 aromatic heterocycles. The predicted molar refractivity (Wildman–Crippen MR) is 69.4 cm³/mol. The molecule has 1 amide bonds. The highest BCUT2D eigenvalue weighted by atomic mass is 16.6. The van der Waals surface area contributed by atoms with Crippen LogP contribution < -0.4 is 15.0 Å². The number of carbonyl (C=O) groups excluding carboxylic acids is 1. The lowest BCUT2D eigenvalue weighted by atomic mass is 10.2. The SMILES string of the molecule is CC.CC.O=C(NO)c1ccc2c(c1)OCCO2. The first-order valence-corrected chi connectivity index (χ1v) is 6.15. The van der Waals surface area contributed by atoms with Crippen molar-refractivity contribution in [3.8, 4) is 11.5 Å². The molecule has 0 aliphatic carbocycles. The van der Waals surface area contributed by atoms with Crippen LogP contribution in [0.3, 0.4) is 0 Å². The molecule has 18 heavy (non-hydrogen) atoms. The smallest absolute Gasteiger partial charge is 0.274 e. The van der Waals surface area contributed by atoms with Crippen molar-refractivity contribution in [2.24, 2.45) is 0 Å². The van der Waals surface area contributed by atoms with Crippen molar-refractivity contribution in [1.29, 1.82) is 0 Å². The van der Waals surface area contributed by atoms with Crippen LogP contribution in [0.1, 0.15) is 38.1 Å². The summed E-state index contributed by atoms with van der Waals surface area (Å²) in [5, 5.41) is 8.42. The molecule has 0 radical (unpaired) electrons. The molecule has 102 valence electrons. The molecule has 5 heteroatoms. The molecule has 1 heterocycles. The summed E-state index contributed by atoms with van der Waals surface area (Å²) in [6, 6.07) is 4.72. The van der Waals surface area contributed by atoms with Gasteiger partial charge in [-0.2, -0.15) is 0 Å². The molecule has 1 aliphatic heterocycles. The van der Waals surface area contributed by atoms with Crippen molar-refractivity contribution in [3.63, 3.8) is 0 Å². The number of rotatable bonds is 1. The van der Waals surface area contributed by atoms with Gasteiger partial charge in [-0.05, 0) is 18.2 Å². The number of ether oxygens (including phenoxy) is 2. The second kappa shape index (κ2) is 9.30. The van der Waals surface area contributed by atoms with Crippen LogP contribution in [0.5, 0.6) is 11.5 Å². The number of hydrogen-bond acceptors (Lipinski definition) is 4. The Morgan fingerprint density at radius 1 is 1.11 bits per heavy atom. The van der Waals surface area contributed by atoms with Crippen molar-refractivity contribution >= 4 is 5.91 Å². The van der Waals surface area contributed by atoms with Gasteiger partial charge in [-0.15, -0.1) is 0 Å². The summed E-state index contributed by atoms with van der Waals surface area (Å²) in [5.41, 5.74) is 1.88. The molecule has 2 N–H and O–H groups in total. The summed E-state index contributed by atoms with van der Waals surface area (Å²) >= 11 is 0. The molecule has 1 aromatic rings. The van der Waals surface area contributed by atoms with E-state index in [2.05, 4.69) is 0 Å². The van der Waals surface area contributed by atoms with Crippen LogP contribution >= 0.6 is 0 Å². The highest BCUT2D eigenvalue weighted by Crippen LogP contribution is 2.30. The maximum atomic E-state index is 11.0. The molecule has 0 atom stereocenters. The van der Waals surface area contributed by atoms with Gasteiger partial charge in [0, 0.05) is 5.56 Å². The van der Waals surface area contributed by atoms with E-state index in [-0.39, 0.29) is 0 Å². The van der Waals surface area contributed by atoms with E-state index in [4.69, 9.17) is 14.7 Å². The van der Waals surface area contributed by atoms with E-state index in [1.807, 2.05) is 27.7 Å². The molecule has 0 unspecified atom stereocenters. The Kier molecular flexibility index (Phi) is 8.39.